The van der Waals surface area contributed by atoms with Gasteiger partial charge in [0.05, 0.1) is 17.3 Å². The molecule has 1 saturated carbocycles. The Balaban J connectivity index is 1.59. The first-order valence-electron chi connectivity index (χ1n) is 10.3. The van der Waals surface area contributed by atoms with Gasteiger partial charge in [-0.3, -0.25) is 19.6 Å². The highest BCUT2D eigenvalue weighted by molar-refractivity contribution is 6.04. The highest BCUT2D eigenvalue weighted by Crippen LogP contribution is 2.43. The van der Waals surface area contributed by atoms with Crippen molar-refractivity contribution < 1.29 is 14.3 Å². The quantitative estimate of drug-likeness (QED) is 0.650. The lowest BCUT2D eigenvalue weighted by Crippen LogP contribution is -2.26. The van der Waals surface area contributed by atoms with E-state index in [4.69, 9.17) is 10.5 Å². The van der Waals surface area contributed by atoms with Crippen LogP contribution in [0.4, 0.5) is 5.95 Å². The van der Waals surface area contributed by atoms with Crippen LogP contribution in [-0.4, -0.2) is 37.8 Å². The molecule has 9 heteroatoms. The topological polar surface area (TPSA) is 117 Å². The SMILES string of the molecule is CCn1nc(C)cc1C(=O)Nc1nc2cc(C(N)=O)cc3c2n1[C@@H](CC1CC1)CO3. The van der Waals surface area contributed by atoms with Crippen LogP contribution in [-0.2, 0) is 6.54 Å². The lowest BCUT2D eigenvalue weighted by molar-refractivity contribution is 0.0995. The number of imidazole rings is 1. The summed E-state index contributed by atoms with van der Waals surface area (Å²) < 4.78 is 9.70. The van der Waals surface area contributed by atoms with Gasteiger partial charge in [-0.2, -0.15) is 5.10 Å². The summed E-state index contributed by atoms with van der Waals surface area (Å²) in [6.45, 7) is 4.86. The minimum absolute atomic E-state index is 0.0718. The van der Waals surface area contributed by atoms with Crippen molar-refractivity contribution >= 4 is 28.8 Å². The van der Waals surface area contributed by atoms with Crippen LogP contribution in [0.1, 0.15) is 58.8 Å². The maximum Gasteiger partial charge on any atom is 0.276 e. The van der Waals surface area contributed by atoms with E-state index in [9.17, 15) is 9.59 Å². The average molecular weight is 408 g/mol. The molecule has 0 saturated heterocycles. The zero-order chi connectivity index (χ0) is 21.0. The summed E-state index contributed by atoms with van der Waals surface area (Å²) in [6.07, 6.45) is 3.41. The number of hydrogen-bond donors (Lipinski definition) is 2. The lowest BCUT2D eigenvalue weighted by Gasteiger charge is -2.27. The fourth-order valence-corrected chi connectivity index (χ4v) is 4.20. The number of primary amides is 1. The number of anilines is 1. The Morgan fingerprint density at radius 1 is 1.30 bits per heavy atom. The van der Waals surface area contributed by atoms with Crippen LogP contribution in [0.3, 0.4) is 0 Å². The highest BCUT2D eigenvalue weighted by Gasteiger charge is 2.33. The Bertz CT molecular complexity index is 1170. The summed E-state index contributed by atoms with van der Waals surface area (Å²) in [5.41, 5.74) is 8.44. The molecule has 1 aromatic carbocycles. The second-order valence-electron chi connectivity index (χ2n) is 8.10. The molecule has 3 heterocycles. The van der Waals surface area contributed by atoms with Gasteiger partial charge in [-0.25, -0.2) is 4.98 Å². The van der Waals surface area contributed by atoms with Crippen LogP contribution in [0.2, 0.25) is 0 Å². The molecule has 1 atom stereocenters. The molecule has 2 amide bonds. The van der Waals surface area contributed by atoms with Gasteiger partial charge in [0.2, 0.25) is 11.9 Å². The molecule has 0 bridgehead atoms. The maximum atomic E-state index is 13.0. The molecule has 3 N–H and O–H groups in total. The fourth-order valence-electron chi connectivity index (χ4n) is 4.20. The van der Waals surface area contributed by atoms with Gasteiger partial charge in [0, 0.05) is 12.1 Å². The van der Waals surface area contributed by atoms with Gasteiger partial charge in [-0.15, -0.1) is 0 Å². The third-order valence-corrected chi connectivity index (χ3v) is 5.79. The Morgan fingerprint density at radius 3 is 2.80 bits per heavy atom. The molecule has 1 aliphatic carbocycles. The second kappa shape index (κ2) is 6.86. The van der Waals surface area contributed by atoms with E-state index in [-0.39, 0.29) is 11.9 Å². The van der Waals surface area contributed by atoms with Gasteiger partial charge >= 0.3 is 0 Å². The molecule has 2 aliphatic rings. The van der Waals surface area contributed by atoms with E-state index in [1.165, 1.54) is 12.8 Å². The van der Waals surface area contributed by atoms with Crippen LogP contribution in [0.15, 0.2) is 18.2 Å². The Morgan fingerprint density at radius 2 is 2.10 bits per heavy atom. The Hall–Kier alpha value is -3.36. The van der Waals surface area contributed by atoms with Gasteiger partial charge in [-0.05, 0) is 44.4 Å². The number of carbonyl (C=O) groups excluding carboxylic acids is 2. The number of amides is 2. The van der Waals surface area contributed by atoms with E-state index in [1.54, 1.807) is 22.9 Å². The first-order valence-corrected chi connectivity index (χ1v) is 10.3. The van der Waals surface area contributed by atoms with Gasteiger partial charge in [0.15, 0.2) is 0 Å². The molecule has 2 aromatic heterocycles. The van der Waals surface area contributed by atoms with Crippen molar-refractivity contribution in [2.75, 3.05) is 11.9 Å². The maximum absolute atomic E-state index is 13.0. The van der Waals surface area contributed by atoms with Crippen molar-refractivity contribution in [3.05, 3.63) is 35.2 Å². The number of nitrogens with one attached hydrogen (secondary N) is 1. The van der Waals surface area contributed by atoms with Crippen molar-refractivity contribution in [1.82, 2.24) is 19.3 Å². The van der Waals surface area contributed by atoms with E-state index in [0.29, 0.717) is 47.5 Å². The summed E-state index contributed by atoms with van der Waals surface area (Å²) in [5.74, 6) is 0.885. The number of ether oxygens (including phenoxy) is 1. The number of aryl methyl sites for hydroxylation is 2. The smallest absolute Gasteiger partial charge is 0.276 e. The number of aromatic nitrogens is 4. The molecule has 3 aromatic rings. The summed E-state index contributed by atoms with van der Waals surface area (Å²) >= 11 is 0. The van der Waals surface area contributed by atoms with Crippen molar-refractivity contribution in [2.24, 2.45) is 11.7 Å². The molecule has 0 unspecified atom stereocenters. The average Bonchev–Trinajstić information content (AvgIpc) is 3.34. The van der Waals surface area contributed by atoms with E-state index >= 15 is 0 Å². The van der Waals surface area contributed by atoms with E-state index < -0.39 is 5.91 Å². The van der Waals surface area contributed by atoms with Crippen molar-refractivity contribution in [3.8, 4) is 5.75 Å². The third-order valence-electron chi connectivity index (χ3n) is 5.79. The third kappa shape index (κ3) is 3.10. The predicted octanol–water partition coefficient (Wildman–Crippen LogP) is 2.65. The monoisotopic (exact) mass is 408 g/mol. The summed E-state index contributed by atoms with van der Waals surface area (Å²) in [4.78, 5) is 29.4. The van der Waals surface area contributed by atoms with Crippen LogP contribution in [0.5, 0.6) is 5.75 Å². The molecule has 0 radical (unpaired) electrons. The van der Waals surface area contributed by atoms with Crippen LogP contribution in [0, 0.1) is 12.8 Å². The largest absolute Gasteiger partial charge is 0.489 e. The molecule has 30 heavy (non-hydrogen) atoms. The first kappa shape index (κ1) is 18.7. The minimum atomic E-state index is -0.542. The minimum Gasteiger partial charge on any atom is -0.489 e. The summed E-state index contributed by atoms with van der Waals surface area (Å²) in [6, 6.07) is 5.13. The molecular formula is C21H24N6O3. The predicted molar refractivity (Wildman–Crippen MR) is 111 cm³/mol. The van der Waals surface area contributed by atoms with Crippen molar-refractivity contribution in [2.45, 2.75) is 45.7 Å². The van der Waals surface area contributed by atoms with E-state index in [0.717, 1.165) is 17.6 Å². The van der Waals surface area contributed by atoms with Gasteiger partial charge in [0.25, 0.3) is 5.91 Å². The molecule has 0 spiro atoms. The summed E-state index contributed by atoms with van der Waals surface area (Å²) in [7, 11) is 0. The molecule has 156 valence electrons. The van der Waals surface area contributed by atoms with Crippen LogP contribution in [0.25, 0.3) is 11.0 Å². The molecule has 1 aliphatic heterocycles. The molecule has 1 fully saturated rings. The van der Waals surface area contributed by atoms with Crippen LogP contribution >= 0.6 is 0 Å². The number of nitrogens with two attached hydrogens (primary N) is 1. The molecule has 9 nitrogen and oxygen atoms in total. The highest BCUT2D eigenvalue weighted by atomic mass is 16.5. The normalized spacial score (nSPS) is 17.7. The Labute approximate surface area is 173 Å². The van der Waals surface area contributed by atoms with Gasteiger partial charge in [0.1, 0.15) is 23.6 Å². The van der Waals surface area contributed by atoms with Crippen LogP contribution < -0.4 is 15.8 Å². The second-order valence-corrected chi connectivity index (χ2v) is 8.10. The number of nitrogens with zero attached hydrogens (tertiary/aromatic N) is 4. The van der Waals surface area contributed by atoms with Gasteiger partial charge < -0.3 is 15.0 Å². The number of carbonyl (C=O) groups is 2. The number of rotatable bonds is 6. The zero-order valence-corrected chi connectivity index (χ0v) is 17.0. The lowest BCUT2D eigenvalue weighted by atomic mass is 10.1. The summed E-state index contributed by atoms with van der Waals surface area (Å²) in [5, 5.41) is 7.32. The van der Waals surface area contributed by atoms with E-state index in [1.807, 2.05) is 13.8 Å². The van der Waals surface area contributed by atoms with Crippen molar-refractivity contribution in [3.63, 3.8) is 0 Å². The van der Waals surface area contributed by atoms with E-state index in [2.05, 4.69) is 20.0 Å². The Kier molecular flexibility index (Phi) is 4.27. The van der Waals surface area contributed by atoms with Crippen molar-refractivity contribution in [1.29, 1.82) is 0 Å². The first-order chi connectivity index (χ1) is 14.4. The number of hydrogen-bond acceptors (Lipinski definition) is 5. The fraction of sp³-hybridized carbons (Fsp3) is 0.429. The molecular weight excluding hydrogens is 384 g/mol. The van der Waals surface area contributed by atoms with Gasteiger partial charge in [-0.1, -0.05) is 12.8 Å². The zero-order valence-electron chi connectivity index (χ0n) is 17.0. The standard InChI is InChI=1S/C21H24N6O3/c1-3-26-16(6-11(2)25-26)20(29)24-21-23-15-8-13(19(22)28)9-17-18(15)27(21)14(10-30-17)7-12-4-5-12/h6,8-9,12,14H,3-5,7,10H2,1-2H3,(H2,22,28)(H,23,24,29)/t14-/m0/s1. The number of benzene rings is 1. The molecule has 5 rings (SSSR count).